The first-order valence-corrected chi connectivity index (χ1v) is 11.8. The Hall–Kier alpha value is -4.71. The third-order valence-corrected chi connectivity index (χ3v) is 5.56. The molecule has 0 aliphatic carbocycles. The van der Waals surface area contributed by atoms with Gasteiger partial charge in [-0.3, -0.25) is 10.5 Å². The molecule has 0 amide bonds. The lowest BCUT2D eigenvalue weighted by atomic mass is 10.2. The average Bonchev–Trinajstić information content (AvgIpc) is 3.38. The number of halogens is 3. The largest absolute Gasteiger partial charge is 0.484 e. The maximum atomic E-state index is 12.9. The summed E-state index contributed by atoms with van der Waals surface area (Å²) in [4.78, 5) is 12.9. The van der Waals surface area contributed by atoms with Crippen molar-refractivity contribution in [3.05, 3.63) is 66.4 Å². The summed E-state index contributed by atoms with van der Waals surface area (Å²) >= 11 is 1.46. The summed E-state index contributed by atoms with van der Waals surface area (Å²) in [5.74, 6) is 2.26. The zero-order chi connectivity index (χ0) is 27.4. The molecular weight excluding hydrogens is 523 g/mol. The number of ether oxygens (including phenoxy) is 2. The number of H-pyrrole nitrogens is 1. The van der Waals surface area contributed by atoms with Gasteiger partial charge in [-0.05, 0) is 48.9 Å². The van der Waals surface area contributed by atoms with E-state index in [0.29, 0.717) is 34.8 Å². The van der Waals surface area contributed by atoms with E-state index in [1.165, 1.54) is 23.9 Å². The molecule has 0 saturated heterocycles. The van der Waals surface area contributed by atoms with Gasteiger partial charge in [0.1, 0.15) is 5.75 Å². The Balaban J connectivity index is 0.00000195. The van der Waals surface area contributed by atoms with Gasteiger partial charge in [-0.25, -0.2) is 4.98 Å². The second-order valence-electron chi connectivity index (χ2n) is 7.21. The molecule has 0 radical (unpaired) electrons. The summed E-state index contributed by atoms with van der Waals surface area (Å²) < 4.78 is 49.4. The maximum Gasteiger partial charge on any atom is 0.416 e. The van der Waals surface area contributed by atoms with Crippen LogP contribution in [0.15, 0.2) is 66.0 Å². The molecule has 15 heteroatoms. The van der Waals surface area contributed by atoms with Crippen LogP contribution >= 0.6 is 11.8 Å². The molecule has 0 saturated carbocycles. The number of anilines is 2. The molecule has 0 aliphatic heterocycles. The molecule has 3 N–H and O–H groups in total. The van der Waals surface area contributed by atoms with Crippen LogP contribution in [0.4, 0.5) is 24.8 Å². The van der Waals surface area contributed by atoms with Gasteiger partial charge in [-0.2, -0.15) is 23.1 Å². The molecular formula is C23H20F3N9O2S. The second-order valence-corrected chi connectivity index (χ2v) is 8.27. The minimum atomic E-state index is -4.44. The van der Waals surface area contributed by atoms with Gasteiger partial charge < -0.3 is 14.8 Å². The van der Waals surface area contributed by atoms with Gasteiger partial charge in [0, 0.05) is 40.1 Å². The quantitative estimate of drug-likeness (QED) is 0.0513. The number of aromatic amines is 1. The van der Waals surface area contributed by atoms with Gasteiger partial charge in [0.05, 0.1) is 12.2 Å². The number of hydrogen-bond acceptors (Lipinski definition) is 11. The molecule has 2 heterocycles. The van der Waals surface area contributed by atoms with Crippen LogP contribution in [0.25, 0.3) is 11.4 Å². The first-order chi connectivity index (χ1) is 18.4. The van der Waals surface area contributed by atoms with E-state index >= 15 is 0 Å². The summed E-state index contributed by atoms with van der Waals surface area (Å²) in [6.07, 6.45) is -1.15. The van der Waals surface area contributed by atoms with Crippen molar-refractivity contribution in [1.82, 2.24) is 25.1 Å². The molecule has 196 valence electrons. The summed E-state index contributed by atoms with van der Waals surface area (Å²) in [5.41, 5.74) is 0.168. The normalized spacial score (nSPS) is 10.7. The van der Waals surface area contributed by atoms with Crippen molar-refractivity contribution in [1.29, 1.82) is 16.2 Å². The fraction of sp³-hybridized carbons (Fsp3) is 0.174. The highest BCUT2D eigenvalue weighted by atomic mass is 32.2. The Morgan fingerprint density at radius 3 is 2.61 bits per heavy atom. The molecule has 0 atom stereocenters. The summed E-state index contributed by atoms with van der Waals surface area (Å²) in [6, 6.07) is 13.5. The Labute approximate surface area is 218 Å². The minimum absolute atomic E-state index is 0.139. The number of hydrogen-bond donors (Lipinski definition) is 3. The lowest BCUT2D eigenvalue weighted by Crippen LogP contribution is -2.05. The van der Waals surface area contributed by atoms with Crippen molar-refractivity contribution < 1.29 is 22.6 Å². The van der Waals surface area contributed by atoms with Crippen molar-refractivity contribution in [2.45, 2.75) is 17.8 Å². The highest BCUT2D eigenvalue weighted by Crippen LogP contribution is 2.31. The van der Waals surface area contributed by atoms with Crippen molar-refractivity contribution in [2.75, 3.05) is 17.7 Å². The van der Waals surface area contributed by atoms with Gasteiger partial charge in [0.15, 0.2) is 17.4 Å². The standard InChI is InChI=1S/C23H20F3N7O2S.N2/c24-23(25,26)16-3-1-4-17(13-16)29-21-31-20(32-33-21)15-5-7-18(8-6-15)35-19-9-10-28-22(30-19)36-12-2-11-34-14-27;1-2/h1,3-10,13-14,27H,2,11-12H2,(H2,29,31,32,33);. The van der Waals surface area contributed by atoms with Crippen LogP contribution in [-0.4, -0.2) is 43.9 Å². The van der Waals surface area contributed by atoms with E-state index in [-0.39, 0.29) is 11.6 Å². The lowest BCUT2D eigenvalue weighted by molar-refractivity contribution is -0.137. The number of nitrogens with one attached hydrogen (secondary N) is 3. The highest BCUT2D eigenvalue weighted by molar-refractivity contribution is 7.99. The molecule has 2 aromatic heterocycles. The van der Waals surface area contributed by atoms with Crippen LogP contribution in [0.2, 0.25) is 0 Å². The zero-order valence-corrected chi connectivity index (χ0v) is 20.3. The number of rotatable bonds is 11. The number of benzene rings is 2. The van der Waals surface area contributed by atoms with Crippen LogP contribution < -0.4 is 10.1 Å². The number of thioether (sulfide) groups is 1. The van der Waals surface area contributed by atoms with E-state index in [4.69, 9.17) is 25.7 Å². The SMILES string of the molecule is N#N.N=COCCCSc1nccc(Oc2ccc(-c3nc(Nc4cccc(C(F)(F)F)c4)n[nH]3)cc2)n1. The van der Waals surface area contributed by atoms with E-state index in [9.17, 15) is 13.2 Å². The molecule has 2 aromatic carbocycles. The van der Waals surface area contributed by atoms with E-state index < -0.39 is 11.7 Å². The van der Waals surface area contributed by atoms with Crippen LogP contribution in [0.3, 0.4) is 0 Å². The van der Waals surface area contributed by atoms with Gasteiger partial charge in [0.2, 0.25) is 11.8 Å². The molecule has 38 heavy (non-hydrogen) atoms. The Morgan fingerprint density at radius 1 is 1.08 bits per heavy atom. The van der Waals surface area contributed by atoms with Crippen molar-refractivity contribution >= 4 is 29.8 Å². The molecule has 0 unspecified atom stereocenters. The predicted octanol–water partition coefficient (Wildman–Crippen LogP) is 5.95. The van der Waals surface area contributed by atoms with Crippen LogP contribution in [0.1, 0.15) is 12.0 Å². The average molecular weight is 544 g/mol. The number of nitrogens with zero attached hydrogens (tertiary/aromatic N) is 6. The number of alkyl halides is 3. The van der Waals surface area contributed by atoms with Crippen molar-refractivity contribution in [2.24, 2.45) is 0 Å². The van der Waals surface area contributed by atoms with Crippen molar-refractivity contribution in [3.63, 3.8) is 0 Å². The predicted molar refractivity (Wildman–Crippen MR) is 132 cm³/mol. The topological polar surface area (TPSA) is 169 Å². The van der Waals surface area contributed by atoms with E-state index in [1.807, 2.05) is 0 Å². The fourth-order valence-electron chi connectivity index (χ4n) is 2.97. The molecule has 4 aromatic rings. The summed E-state index contributed by atoms with van der Waals surface area (Å²) in [6.45, 7) is 0.465. The molecule has 11 nitrogen and oxygen atoms in total. The molecule has 4 rings (SSSR count). The van der Waals surface area contributed by atoms with Crippen LogP contribution in [-0.2, 0) is 10.9 Å². The van der Waals surface area contributed by atoms with Gasteiger partial charge in [-0.1, -0.05) is 17.8 Å². The molecule has 0 aliphatic rings. The highest BCUT2D eigenvalue weighted by Gasteiger charge is 2.30. The van der Waals surface area contributed by atoms with Crippen LogP contribution in [0.5, 0.6) is 11.6 Å². The second kappa shape index (κ2) is 13.6. The Morgan fingerprint density at radius 2 is 1.87 bits per heavy atom. The van der Waals surface area contributed by atoms with E-state index in [0.717, 1.165) is 30.7 Å². The van der Waals surface area contributed by atoms with Gasteiger partial charge >= 0.3 is 6.18 Å². The minimum Gasteiger partial charge on any atom is -0.484 e. The fourth-order valence-corrected chi connectivity index (χ4v) is 3.70. The van der Waals surface area contributed by atoms with Crippen molar-refractivity contribution in [3.8, 4) is 23.0 Å². The zero-order valence-electron chi connectivity index (χ0n) is 19.5. The monoisotopic (exact) mass is 543 g/mol. The first kappa shape index (κ1) is 27.9. The Bertz CT molecular complexity index is 1350. The third kappa shape index (κ3) is 8.17. The molecule has 0 spiro atoms. The number of aromatic nitrogens is 5. The third-order valence-electron chi connectivity index (χ3n) is 4.61. The first-order valence-electron chi connectivity index (χ1n) is 10.8. The van der Waals surface area contributed by atoms with Gasteiger partial charge in [0.25, 0.3) is 0 Å². The van der Waals surface area contributed by atoms with E-state index in [1.54, 1.807) is 36.5 Å². The van der Waals surface area contributed by atoms with Crippen LogP contribution in [0, 0.1) is 16.2 Å². The van der Waals surface area contributed by atoms with Gasteiger partial charge in [-0.15, -0.1) is 5.10 Å². The smallest absolute Gasteiger partial charge is 0.416 e. The molecule has 0 fully saturated rings. The Kier molecular flexibility index (Phi) is 9.94. The maximum absolute atomic E-state index is 12.9. The summed E-state index contributed by atoms with van der Waals surface area (Å²) in [7, 11) is 0. The lowest BCUT2D eigenvalue weighted by Gasteiger charge is -2.08. The summed E-state index contributed by atoms with van der Waals surface area (Å²) in [5, 5.41) is 29.0. The molecule has 0 bridgehead atoms. The van der Waals surface area contributed by atoms with E-state index in [2.05, 4.69) is 30.5 Å².